The Balaban J connectivity index is -0.0000000600. The zero-order chi connectivity index (χ0) is 8.12. The van der Waals surface area contributed by atoms with Crippen LogP contribution in [0.4, 0.5) is 0 Å². The van der Waals surface area contributed by atoms with Gasteiger partial charge in [-0.15, -0.1) is 0 Å². The normalized spacial score (nSPS) is 5.56. The predicted octanol–water partition coefficient (Wildman–Crippen LogP) is 1.77. The van der Waals surface area contributed by atoms with Crippen LogP contribution in [0.3, 0.4) is 0 Å². The Labute approximate surface area is 86.8 Å². The molecule has 2 nitrogen and oxygen atoms in total. The first-order valence-electron chi connectivity index (χ1n) is 2.42. The van der Waals surface area contributed by atoms with Crippen LogP contribution in [0, 0.1) is 0 Å². The fourth-order valence-corrected chi connectivity index (χ4v) is 0. The maximum atomic E-state index is 7.57. The predicted molar refractivity (Wildman–Crippen MR) is 53.6 cm³/mol. The molecule has 0 radical (unpaired) electrons. The van der Waals surface area contributed by atoms with E-state index in [2.05, 4.69) is 36.1 Å². The minimum absolute atomic E-state index is 0.170. The summed E-state index contributed by atoms with van der Waals surface area (Å²) in [6.07, 6.45) is 0. The quantitative estimate of drug-likeness (QED) is 0.568. The van der Waals surface area contributed by atoms with Crippen LogP contribution in [0.2, 0.25) is 0 Å². The van der Waals surface area contributed by atoms with Gasteiger partial charge in [-0.25, -0.2) is 0 Å². The summed E-state index contributed by atoms with van der Waals surface area (Å²) in [6.45, 7) is 3.86. The van der Waals surface area contributed by atoms with Gasteiger partial charge in [-0.2, -0.15) is 0 Å². The van der Waals surface area contributed by atoms with Crippen LogP contribution in [0.15, 0.2) is 0 Å². The van der Waals surface area contributed by atoms with Gasteiger partial charge in [0.1, 0.15) is 0 Å². The van der Waals surface area contributed by atoms with Gasteiger partial charge >= 0.3 is 50.9 Å². The van der Waals surface area contributed by atoms with Crippen molar-refractivity contribution in [1.29, 1.82) is 0 Å². The van der Waals surface area contributed by atoms with E-state index in [1.165, 1.54) is 0 Å². The number of aliphatic hydroxyl groups is 2. The van der Waals surface area contributed by atoms with Gasteiger partial charge in [0.25, 0.3) is 0 Å². The summed E-state index contributed by atoms with van der Waals surface area (Å²) in [5.41, 5.74) is 0. The van der Waals surface area contributed by atoms with Gasteiger partial charge in [0.2, 0.25) is 0 Å². The van der Waals surface area contributed by atoms with Crippen LogP contribution >= 0.6 is 36.1 Å². The molecule has 9 heavy (non-hydrogen) atoms. The summed E-state index contributed by atoms with van der Waals surface area (Å²) in [5.74, 6) is 0. The van der Waals surface area contributed by atoms with Crippen LogP contribution in [-0.2, 0) is 14.9 Å². The first kappa shape index (κ1) is 17.4. The standard InChI is InChI=1S/2C2H6O.2HI.Zr/c2*1-2-3;;;/h2*3H,2H2,1H3;2*1H;/q;;;;+2/p-2. The summed E-state index contributed by atoms with van der Waals surface area (Å²) in [4.78, 5) is 0. The van der Waals surface area contributed by atoms with Gasteiger partial charge in [-0.1, -0.05) is 0 Å². The van der Waals surface area contributed by atoms with Gasteiger partial charge in [-0.05, 0) is 13.8 Å². The molecule has 5 heteroatoms. The molecule has 0 atom stereocenters. The Morgan fingerprint density at radius 1 is 1.11 bits per heavy atom. The second-order valence-corrected chi connectivity index (χ2v) is 19.6. The monoisotopic (exact) mass is 436 g/mol. The molecule has 0 amide bonds. The fourth-order valence-electron chi connectivity index (χ4n) is 0. The number of halogens is 2. The van der Waals surface area contributed by atoms with E-state index in [-0.39, 0.29) is 28.1 Å². The van der Waals surface area contributed by atoms with E-state index < -0.39 is 0 Å². The molecule has 0 rings (SSSR count). The summed E-state index contributed by atoms with van der Waals surface area (Å²) in [7, 11) is 0. The van der Waals surface area contributed by atoms with Gasteiger partial charge in [-0.3, -0.25) is 0 Å². The Bertz CT molecular complexity index is 21.3. The van der Waals surface area contributed by atoms with Crippen molar-refractivity contribution in [1.82, 2.24) is 0 Å². The molecule has 0 aromatic heterocycles. The average molecular weight is 437 g/mol. The summed E-state index contributed by atoms with van der Waals surface area (Å²) in [6, 6.07) is 0. The third-order valence-corrected chi connectivity index (χ3v) is 0. The van der Waals surface area contributed by atoms with E-state index in [4.69, 9.17) is 10.2 Å². The maximum absolute atomic E-state index is 7.57. The Kier molecular flexibility index (Phi) is 61.4. The zero-order valence-electron chi connectivity index (χ0n) is 5.56. The molecule has 0 saturated heterocycles. The zero-order valence-corrected chi connectivity index (χ0v) is 12.3. The van der Waals surface area contributed by atoms with Crippen LogP contribution in [0.25, 0.3) is 0 Å². The third-order valence-electron chi connectivity index (χ3n) is 0. The molecule has 0 saturated carbocycles. The molecule has 2 N–H and O–H groups in total. The molecule has 0 aliphatic carbocycles. The van der Waals surface area contributed by atoms with E-state index in [9.17, 15) is 0 Å². The van der Waals surface area contributed by atoms with Gasteiger partial charge in [0, 0.05) is 13.2 Å². The van der Waals surface area contributed by atoms with E-state index in [0.29, 0.717) is 0 Å². The summed E-state index contributed by atoms with van der Waals surface area (Å²) < 4.78 is 0. The third kappa shape index (κ3) is 137. The molecule has 0 aromatic rings. The summed E-state index contributed by atoms with van der Waals surface area (Å²) >= 11 is 5.06. The van der Waals surface area contributed by atoms with Crippen molar-refractivity contribution in [3.05, 3.63) is 0 Å². The minimum atomic E-state index is 0.170. The first-order valence-corrected chi connectivity index (χ1v) is 17.0. The van der Waals surface area contributed by atoms with Crippen LogP contribution in [0.1, 0.15) is 13.8 Å². The van der Waals surface area contributed by atoms with Crippen molar-refractivity contribution in [2.24, 2.45) is 0 Å². The van der Waals surface area contributed by atoms with Crippen molar-refractivity contribution in [3.8, 4) is 0 Å². The van der Waals surface area contributed by atoms with Crippen molar-refractivity contribution < 1.29 is 25.1 Å². The number of aliphatic hydroxyl groups excluding tert-OH is 2. The van der Waals surface area contributed by atoms with Crippen molar-refractivity contribution in [2.75, 3.05) is 13.2 Å². The van der Waals surface area contributed by atoms with Gasteiger partial charge in [0.15, 0.2) is 0 Å². The molecule has 0 fully saturated rings. The number of hydrogen-bond donors (Lipinski definition) is 2. The SMILES string of the molecule is CCO.CCO.[I][Zr][I]. The Morgan fingerprint density at radius 2 is 1.11 bits per heavy atom. The molecule has 0 aliphatic rings. The van der Waals surface area contributed by atoms with Crippen LogP contribution in [0.5, 0.6) is 0 Å². The Morgan fingerprint density at radius 3 is 1.11 bits per heavy atom. The van der Waals surface area contributed by atoms with Gasteiger partial charge in [0.05, 0.1) is 0 Å². The molecular weight excluding hydrogens is 425 g/mol. The molecule has 58 valence electrons. The van der Waals surface area contributed by atoms with E-state index in [0.717, 1.165) is 0 Å². The van der Waals surface area contributed by atoms with Crippen LogP contribution in [-0.4, -0.2) is 23.4 Å². The molecule has 0 aromatic carbocycles. The van der Waals surface area contributed by atoms with E-state index >= 15 is 0 Å². The molecule has 0 bridgehead atoms. The molecular formula is C4H12I2O2Zr. The first-order chi connectivity index (χ1) is 4.24. The molecule has 0 unspecified atom stereocenters. The number of rotatable bonds is 0. The van der Waals surface area contributed by atoms with E-state index in [1.54, 1.807) is 13.8 Å². The van der Waals surface area contributed by atoms with Gasteiger partial charge < -0.3 is 10.2 Å². The second-order valence-electron chi connectivity index (χ2n) is 0.704. The van der Waals surface area contributed by atoms with Crippen LogP contribution < -0.4 is 0 Å². The number of hydrogen-bond acceptors (Lipinski definition) is 2. The van der Waals surface area contributed by atoms with Crippen molar-refractivity contribution in [2.45, 2.75) is 13.8 Å². The topological polar surface area (TPSA) is 40.5 Å². The van der Waals surface area contributed by atoms with E-state index in [1.807, 2.05) is 0 Å². The molecule has 0 aliphatic heterocycles. The molecule has 0 spiro atoms. The summed E-state index contributed by atoms with van der Waals surface area (Å²) in [5, 5.41) is 15.1. The second kappa shape index (κ2) is 31.8. The van der Waals surface area contributed by atoms with Crippen molar-refractivity contribution in [3.63, 3.8) is 0 Å². The fraction of sp³-hybridized carbons (Fsp3) is 1.00. The molecule has 0 heterocycles. The van der Waals surface area contributed by atoms with Crippen molar-refractivity contribution >= 4 is 36.1 Å². The average Bonchev–Trinajstić information content (AvgIpc) is 1.70. The Hall–Kier alpha value is 2.26.